The van der Waals surface area contributed by atoms with Crippen molar-refractivity contribution in [1.82, 2.24) is 0 Å². The van der Waals surface area contributed by atoms with Gasteiger partial charge in [0.2, 0.25) is 0 Å². The van der Waals surface area contributed by atoms with Crippen molar-refractivity contribution in [3.8, 4) is 0 Å². The van der Waals surface area contributed by atoms with E-state index in [0.717, 1.165) is 22.0 Å². The topological polar surface area (TPSA) is 37.4 Å². The van der Waals surface area contributed by atoms with Gasteiger partial charge in [0, 0.05) is 7.05 Å². The Balaban J connectivity index is 2.60. The van der Waals surface area contributed by atoms with Crippen LogP contribution in [0.15, 0.2) is 41.3 Å². The minimum Gasteiger partial charge on any atom is -0.269 e. The molecular formula is C16H15ClF3NO2S. The molecule has 0 amide bonds. The molecule has 0 atom stereocenters. The SMILES string of the molecule is Cc1ccc(C)c(N(C)S(=O)(=O)c2cc(C(F)(F)F)ccc2Cl)c1. The van der Waals surface area contributed by atoms with E-state index in [1.807, 2.05) is 6.07 Å². The van der Waals surface area contributed by atoms with Gasteiger partial charge < -0.3 is 0 Å². The fourth-order valence-corrected chi connectivity index (χ4v) is 3.96. The van der Waals surface area contributed by atoms with Crippen LogP contribution in [0.1, 0.15) is 16.7 Å². The zero-order valence-electron chi connectivity index (χ0n) is 13.1. The van der Waals surface area contributed by atoms with Crippen LogP contribution in [0.2, 0.25) is 5.02 Å². The standard InChI is InChI=1S/C16H15ClF3NO2S/c1-10-4-5-11(2)14(8-10)21(3)24(22,23)15-9-12(16(18,19)20)6-7-13(15)17/h4-9H,1-3H3. The van der Waals surface area contributed by atoms with Crippen LogP contribution in [-0.2, 0) is 16.2 Å². The molecule has 0 aromatic heterocycles. The fourth-order valence-electron chi connectivity index (χ4n) is 2.21. The fraction of sp³-hybridized carbons (Fsp3) is 0.250. The Morgan fingerprint density at radius 2 is 1.67 bits per heavy atom. The van der Waals surface area contributed by atoms with Gasteiger partial charge in [0.1, 0.15) is 4.90 Å². The van der Waals surface area contributed by atoms with E-state index >= 15 is 0 Å². The van der Waals surface area contributed by atoms with Crippen molar-refractivity contribution in [2.24, 2.45) is 0 Å². The molecule has 0 saturated carbocycles. The molecule has 0 aliphatic rings. The molecule has 0 saturated heterocycles. The molecule has 2 aromatic carbocycles. The van der Waals surface area contributed by atoms with Gasteiger partial charge in [-0.3, -0.25) is 4.31 Å². The largest absolute Gasteiger partial charge is 0.416 e. The van der Waals surface area contributed by atoms with Gasteiger partial charge in [-0.05, 0) is 49.2 Å². The summed E-state index contributed by atoms with van der Waals surface area (Å²) in [6.45, 7) is 3.51. The maximum absolute atomic E-state index is 12.9. The molecule has 24 heavy (non-hydrogen) atoms. The summed E-state index contributed by atoms with van der Waals surface area (Å²) >= 11 is 5.86. The Labute approximate surface area is 143 Å². The first-order chi connectivity index (χ1) is 10.9. The molecule has 0 aliphatic heterocycles. The van der Waals surface area contributed by atoms with Gasteiger partial charge in [-0.15, -0.1) is 0 Å². The van der Waals surface area contributed by atoms with Crippen molar-refractivity contribution < 1.29 is 21.6 Å². The maximum atomic E-state index is 12.9. The highest BCUT2D eigenvalue weighted by Crippen LogP contribution is 2.35. The van der Waals surface area contributed by atoms with E-state index in [2.05, 4.69) is 0 Å². The quantitative estimate of drug-likeness (QED) is 0.770. The van der Waals surface area contributed by atoms with Crippen LogP contribution in [0.3, 0.4) is 0 Å². The van der Waals surface area contributed by atoms with Crippen LogP contribution in [0, 0.1) is 13.8 Å². The number of benzene rings is 2. The molecule has 8 heteroatoms. The van der Waals surface area contributed by atoms with Gasteiger partial charge in [0.25, 0.3) is 10.0 Å². The summed E-state index contributed by atoms with van der Waals surface area (Å²) in [6, 6.07) is 7.45. The van der Waals surface area contributed by atoms with E-state index in [9.17, 15) is 21.6 Å². The minimum absolute atomic E-state index is 0.264. The molecule has 3 nitrogen and oxygen atoms in total. The molecule has 0 fully saturated rings. The van der Waals surface area contributed by atoms with Crippen molar-refractivity contribution in [2.45, 2.75) is 24.9 Å². The Morgan fingerprint density at radius 3 is 2.25 bits per heavy atom. The zero-order valence-corrected chi connectivity index (χ0v) is 14.7. The number of aryl methyl sites for hydroxylation is 2. The van der Waals surface area contributed by atoms with Crippen LogP contribution >= 0.6 is 11.6 Å². The van der Waals surface area contributed by atoms with Gasteiger partial charge in [-0.1, -0.05) is 23.7 Å². The lowest BCUT2D eigenvalue weighted by atomic mass is 10.1. The van der Waals surface area contributed by atoms with Gasteiger partial charge >= 0.3 is 6.18 Å². The molecule has 130 valence electrons. The van der Waals surface area contributed by atoms with Gasteiger partial charge in [-0.25, -0.2) is 8.42 Å². The molecule has 0 bridgehead atoms. The third kappa shape index (κ3) is 3.52. The molecule has 2 aromatic rings. The molecule has 0 spiro atoms. The number of halogens is 4. The number of alkyl halides is 3. The number of hydrogen-bond donors (Lipinski definition) is 0. The summed E-state index contributed by atoms with van der Waals surface area (Å²) in [5.41, 5.74) is 0.811. The molecule has 0 aliphatic carbocycles. The Kier molecular flexibility index (Phi) is 4.88. The third-order valence-corrected chi connectivity index (χ3v) is 5.85. The van der Waals surface area contributed by atoms with Crippen LogP contribution < -0.4 is 4.31 Å². The van der Waals surface area contributed by atoms with Gasteiger partial charge in [0.05, 0.1) is 16.3 Å². The predicted molar refractivity (Wildman–Crippen MR) is 88.0 cm³/mol. The monoisotopic (exact) mass is 377 g/mol. The maximum Gasteiger partial charge on any atom is 0.416 e. The second-order valence-electron chi connectivity index (χ2n) is 5.41. The summed E-state index contributed by atoms with van der Waals surface area (Å²) in [7, 11) is -2.96. The molecule has 0 radical (unpaired) electrons. The van der Waals surface area contributed by atoms with Crippen LogP contribution in [0.5, 0.6) is 0 Å². The average Bonchev–Trinajstić information content (AvgIpc) is 2.48. The summed E-state index contributed by atoms with van der Waals surface area (Å²) in [5.74, 6) is 0. The van der Waals surface area contributed by atoms with Gasteiger partial charge in [0.15, 0.2) is 0 Å². The first kappa shape index (κ1) is 18.6. The molecule has 0 heterocycles. The first-order valence-corrected chi connectivity index (χ1v) is 8.69. The van der Waals surface area contributed by atoms with Crippen molar-refractivity contribution in [3.05, 3.63) is 58.1 Å². The Morgan fingerprint density at radius 1 is 1.04 bits per heavy atom. The van der Waals surface area contributed by atoms with E-state index in [1.165, 1.54) is 7.05 Å². The van der Waals surface area contributed by atoms with E-state index in [4.69, 9.17) is 11.6 Å². The summed E-state index contributed by atoms with van der Waals surface area (Å²) < 4.78 is 65.1. The number of anilines is 1. The van der Waals surface area contributed by atoms with Crippen molar-refractivity contribution in [3.63, 3.8) is 0 Å². The highest BCUT2D eigenvalue weighted by molar-refractivity contribution is 7.93. The molecule has 2 rings (SSSR count). The summed E-state index contributed by atoms with van der Waals surface area (Å²) in [4.78, 5) is -0.581. The average molecular weight is 378 g/mol. The van der Waals surface area contributed by atoms with Crippen molar-refractivity contribution in [1.29, 1.82) is 0 Å². The first-order valence-electron chi connectivity index (χ1n) is 6.87. The van der Waals surface area contributed by atoms with E-state index in [0.29, 0.717) is 17.3 Å². The van der Waals surface area contributed by atoms with Crippen molar-refractivity contribution in [2.75, 3.05) is 11.4 Å². The van der Waals surface area contributed by atoms with Crippen LogP contribution in [0.4, 0.5) is 18.9 Å². The van der Waals surface area contributed by atoms with Gasteiger partial charge in [-0.2, -0.15) is 13.2 Å². The minimum atomic E-state index is -4.66. The smallest absolute Gasteiger partial charge is 0.269 e. The normalized spacial score (nSPS) is 12.3. The molecular weight excluding hydrogens is 363 g/mol. The van der Waals surface area contributed by atoms with E-state index in [-0.39, 0.29) is 5.02 Å². The van der Waals surface area contributed by atoms with Crippen LogP contribution in [0.25, 0.3) is 0 Å². The Hall–Kier alpha value is -1.73. The second kappa shape index (κ2) is 6.29. The summed E-state index contributed by atoms with van der Waals surface area (Å²) in [6.07, 6.45) is -4.66. The summed E-state index contributed by atoms with van der Waals surface area (Å²) in [5, 5.41) is -0.264. The zero-order chi connectivity index (χ0) is 18.3. The lowest BCUT2D eigenvalue weighted by molar-refractivity contribution is -0.137. The van der Waals surface area contributed by atoms with E-state index < -0.39 is 26.7 Å². The highest BCUT2D eigenvalue weighted by Gasteiger charge is 2.34. The number of hydrogen-bond acceptors (Lipinski definition) is 2. The highest BCUT2D eigenvalue weighted by atomic mass is 35.5. The lowest BCUT2D eigenvalue weighted by Gasteiger charge is -2.23. The third-order valence-electron chi connectivity index (χ3n) is 3.60. The molecule has 0 unspecified atom stereocenters. The lowest BCUT2D eigenvalue weighted by Crippen LogP contribution is -2.28. The predicted octanol–water partition coefficient (Wildman–Crippen LogP) is 4.80. The second-order valence-corrected chi connectivity index (χ2v) is 7.75. The number of rotatable bonds is 3. The number of nitrogens with zero attached hydrogens (tertiary/aromatic N) is 1. The van der Waals surface area contributed by atoms with E-state index in [1.54, 1.807) is 26.0 Å². The number of sulfonamides is 1. The van der Waals surface area contributed by atoms with Crippen LogP contribution in [-0.4, -0.2) is 15.5 Å². The Bertz CT molecular complexity index is 879. The van der Waals surface area contributed by atoms with Crippen molar-refractivity contribution >= 4 is 27.3 Å². The molecule has 0 N–H and O–H groups in total.